The first kappa shape index (κ1) is 17.9. The average Bonchev–Trinajstić information content (AvgIpc) is 2.44. The van der Waals surface area contributed by atoms with Gasteiger partial charge in [-0.3, -0.25) is 9.59 Å². The fraction of sp³-hybridized carbons (Fsp3) is 0.833. The molecule has 122 valence electrons. The lowest BCUT2D eigenvalue weighted by Gasteiger charge is -2.33. The van der Waals surface area contributed by atoms with Crippen LogP contribution in [0.1, 0.15) is 19.8 Å². The Labute approximate surface area is 125 Å². The number of nitrogens with zero attached hydrogens (tertiary/aromatic N) is 3. The molecule has 0 atom stereocenters. The Morgan fingerprint density at radius 2 is 1.76 bits per heavy atom. The van der Waals surface area contributed by atoms with E-state index in [4.69, 9.17) is 5.11 Å². The van der Waals surface area contributed by atoms with Crippen LogP contribution in [-0.2, 0) is 19.8 Å². The van der Waals surface area contributed by atoms with Crippen molar-refractivity contribution in [2.45, 2.75) is 19.8 Å². The summed E-state index contributed by atoms with van der Waals surface area (Å²) in [7, 11) is -0.585. The predicted octanol–water partition coefficient (Wildman–Crippen LogP) is -0.562. The lowest BCUT2D eigenvalue weighted by Crippen LogP contribution is -2.50. The number of carboxylic acid groups (broad SMARTS) is 1. The van der Waals surface area contributed by atoms with Crippen molar-refractivity contribution in [1.29, 1.82) is 0 Å². The van der Waals surface area contributed by atoms with E-state index in [1.165, 1.54) is 9.21 Å². The molecule has 0 unspecified atom stereocenters. The maximum absolute atomic E-state index is 12.5. The Hall–Kier alpha value is -1.19. The quantitative estimate of drug-likeness (QED) is 0.707. The number of rotatable bonds is 6. The number of carbonyl (C=O) groups excluding carboxylic acids is 1. The van der Waals surface area contributed by atoms with E-state index in [2.05, 4.69) is 0 Å². The zero-order valence-corrected chi connectivity index (χ0v) is 13.5. The molecule has 0 spiro atoms. The molecule has 1 aliphatic rings. The topological polar surface area (TPSA) is 98.2 Å². The lowest BCUT2D eigenvalue weighted by molar-refractivity contribution is -0.143. The molecule has 8 nitrogen and oxygen atoms in total. The smallest absolute Gasteiger partial charge is 0.306 e. The fourth-order valence-corrected chi connectivity index (χ4v) is 3.74. The molecule has 1 aliphatic heterocycles. The minimum absolute atomic E-state index is 0.173. The van der Waals surface area contributed by atoms with Crippen LogP contribution in [0.3, 0.4) is 0 Å². The molecule has 1 amide bonds. The van der Waals surface area contributed by atoms with Crippen LogP contribution in [0, 0.1) is 5.92 Å². The van der Waals surface area contributed by atoms with E-state index in [0.717, 1.165) is 4.31 Å². The fourth-order valence-electron chi connectivity index (χ4n) is 2.15. The minimum atomic E-state index is -3.73. The third-order valence-corrected chi connectivity index (χ3v) is 5.68. The summed E-state index contributed by atoms with van der Waals surface area (Å²) in [4.78, 5) is 23.9. The van der Waals surface area contributed by atoms with E-state index in [1.54, 1.807) is 21.0 Å². The molecular formula is C12H23N3O5S. The molecule has 1 rings (SSSR count). The van der Waals surface area contributed by atoms with Crippen molar-refractivity contribution in [1.82, 2.24) is 13.5 Å². The SMILES string of the molecule is CCN(CC(=O)N(C)C)S(=O)(=O)N1CCC(C(=O)O)CC1. The highest BCUT2D eigenvalue weighted by Crippen LogP contribution is 2.21. The summed E-state index contributed by atoms with van der Waals surface area (Å²) in [6, 6.07) is 0. The highest BCUT2D eigenvalue weighted by Gasteiger charge is 2.35. The third kappa shape index (κ3) is 4.39. The molecule has 0 aromatic carbocycles. The van der Waals surface area contributed by atoms with E-state index >= 15 is 0 Å². The van der Waals surface area contributed by atoms with E-state index in [-0.39, 0.29) is 32.1 Å². The number of carbonyl (C=O) groups is 2. The molecule has 0 saturated carbocycles. The summed E-state index contributed by atoms with van der Waals surface area (Å²) in [6.45, 7) is 2.01. The van der Waals surface area contributed by atoms with Crippen molar-refractivity contribution < 1.29 is 23.1 Å². The second-order valence-corrected chi connectivity index (χ2v) is 7.16. The van der Waals surface area contributed by atoms with Gasteiger partial charge in [0.2, 0.25) is 5.91 Å². The number of hydrogen-bond acceptors (Lipinski definition) is 4. The van der Waals surface area contributed by atoms with Crippen molar-refractivity contribution in [3.63, 3.8) is 0 Å². The van der Waals surface area contributed by atoms with Crippen molar-refractivity contribution in [3.05, 3.63) is 0 Å². The average molecular weight is 321 g/mol. The van der Waals surface area contributed by atoms with Gasteiger partial charge in [-0.05, 0) is 12.8 Å². The van der Waals surface area contributed by atoms with Crippen LogP contribution in [0.4, 0.5) is 0 Å². The number of amides is 1. The lowest BCUT2D eigenvalue weighted by atomic mass is 9.99. The maximum atomic E-state index is 12.5. The molecular weight excluding hydrogens is 298 g/mol. The van der Waals surface area contributed by atoms with Crippen molar-refractivity contribution in [3.8, 4) is 0 Å². The third-order valence-electron chi connectivity index (χ3n) is 3.62. The molecule has 1 saturated heterocycles. The molecule has 0 bridgehead atoms. The van der Waals surface area contributed by atoms with Gasteiger partial charge in [-0.1, -0.05) is 6.92 Å². The van der Waals surface area contributed by atoms with Crippen LogP contribution in [0.2, 0.25) is 0 Å². The van der Waals surface area contributed by atoms with Crippen molar-refractivity contribution in [2.75, 3.05) is 40.3 Å². The predicted molar refractivity (Wildman–Crippen MR) is 76.8 cm³/mol. The summed E-state index contributed by atoms with van der Waals surface area (Å²) >= 11 is 0. The Kier molecular flexibility index (Phi) is 6.11. The van der Waals surface area contributed by atoms with Gasteiger partial charge in [0, 0.05) is 33.7 Å². The first-order valence-corrected chi connectivity index (χ1v) is 8.28. The number of carboxylic acids is 1. The number of aliphatic carboxylic acids is 1. The van der Waals surface area contributed by atoms with Crippen molar-refractivity contribution >= 4 is 22.1 Å². The molecule has 1 fully saturated rings. The molecule has 0 aliphatic carbocycles. The van der Waals surface area contributed by atoms with Crippen LogP contribution in [-0.4, -0.2) is 79.2 Å². The van der Waals surface area contributed by atoms with Crippen LogP contribution in [0.15, 0.2) is 0 Å². The standard InChI is InChI=1S/C12H23N3O5S/c1-4-14(9-11(16)13(2)3)21(19,20)15-7-5-10(6-8-15)12(17)18/h10H,4-9H2,1-3H3,(H,17,18). The Bertz CT molecular complexity index is 483. The van der Waals surface area contributed by atoms with Gasteiger partial charge < -0.3 is 10.0 Å². The molecule has 9 heteroatoms. The monoisotopic (exact) mass is 321 g/mol. The van der Waals surface area contributed by atoms with Gasteiger partial charge in [0.25, 0.3) is 10.2 Å². The summed E-state index contributed by atoms with van der Waals surface area (Å²) in [5.74, 6) is -1.67. The van der Waals surface area contributed by atoms with E-state index in [1.807, 2.05) is 0 Å². The molecule has 1 N–H and O–H groups in total. The summed E-state index contributed by atoms with van der Waals surface area (Å²) in [5.41, 5.74) is 0. The zero-order chi connectivity index (χ0) is 16.2. The van der Waals surface area contributed by atoms with Crippen molar-refractivity contribution in [2.24, 2.45) is 5.92 Å². The molecule has 0 aromatic heterocycles. The van der Waals surface area contributed by atoms with Crippen LogP contribution in [0.25, 0.3) is 0 Å². The minimum Gasteiger partial charge on any atom is -0.481 e. The van der Waals surface area contributed by atoms with Gasteiger partial charge >= 0.3 is 5.97 Å². The molecule has 0 radical (unpaired) electrons. The number of piperidine rings is 1. The maximum Gasteiger partial charge on any atom is 0.306 e. The van der Waals surface area contributed by atoms with Crippen LogP contribution < -0.4 is 0 Å². The summed E-state index contributed by atoms with van der Waals surface area (Å²) in [6.07, 6.45) is 0.599. The first-order valence-electron chi connectivity index (χ1n) is 6.88. The first-order chi connectivity index (χ1) is 9.70. The summed E-state index contributed by atoms with van der Waals surface area (Å²) in [5, 5.41) is 8.93. The van der Waals surface area contributed by atoms with Gasteiger partial charge in [0.05, 0.1) is 12.5 Å². The number of likely N-dealkylation sites (N-methyl/N-ethyl adjacent to an activating group) is 2. The summed E-state index contributed by atoms with van der Waals surface area (Å²) < 4.78 is 27.4. The molecule has 1 heterocycles. The van der Waals surface area contributed by atoms with E-state index in [9.17, 15) is 18.0 Å². The Morgan fingerprint density at radius 3 is 2.14 bits per heavy atom. The second-order valence-electron chi connectivity index (χ2n) is 5.23. The van der Waals surface area contributed by atoms with Gasteiger partial charge in [0.1, 0.15) is 0 Å². The highest BCUT2D eigenvalue weighted by atomic mass is 32.2. The van der Waals surface area contributed by atoms with Gasteiger partial charge in [0.15, 0.2) is 0 Å². The number of hydrogen-bond donors (Lipinski definition) is 1. The van der Waals surface area contributed by atoms with Gasteiger partial charge in [-0.25, -0.2) is 0 Å². The van der Waals surface area contributed by atoms with E-state index in [0.29, 0.717) is 12.8 Å². The van der Waals surface area contributed by atoms with E-state index < -0.39 is 22.1 Å². The molecule has 21 heavy (non-hydrogen) atoms. The largest absolute Gasteiger partial charge is 0.481 e. The highest BCUT2D eigenvalue weighted by molar-refractivity contribution is 7.86. The second kappa shape index (κ2) is 7.19. The normalized spacial score (nSPS) is 17.9. The molecule has 0 aromatic rings. The van der Waals surface area contributed by atoms with Crippen LogP contribution >= 0.6 is 0 Å². The van der Waals surface area contributed by atoms with Crippen LogP contribution in [0.5, 0.6) is 0 Å². The Morgan fingerprint density at radius 1 is 1.24 bits per heavy atom. The Balaban J connectivity index is 2.75. The van der Waals surface area contributed by atoms with Gasteiger partial charge in [-0.2, -0.15) is 17.0 Å². The van der Waals surface area contributed by atoms with Gasteiger partial charge in [-0.15, -0.1) is 0 Å². The zero-order valence-electron chi connectivity index (χ0n) is 12.7.